The van der Waals surface area contributed by atoms with Gasteiger partial charge in [-0.1, -0.05) is 56.3 Å². The molecule has 24 heavy (non-hydrogen) atoms. The zero-order chi connectivity index (χ0) is 17.2. The van der Waals surface area contributed by atoms with Crippen molar-refractivity contribution in [3.63, 3.8) is 0 Å². The van der Waals surface area contributed by atoms with Gasteiger partial charge in [0.25, 0.3) is 0 Å². The Morgan fingerprint density at radius 2 is 1.79 bits per heavy atom. The van der Waals surface area contributed by atoms with Crippen LogP contribution in [-0.4, -0.2) is 19.1 Å². The van der Waals surface area contributed by atoms with Gasteiger partial charge in [0.05, 0.1) is 18.7 Å². The van der Waals surface area contributed by atoms with Crippen LogP contribution in [0.1, 0.15) is 47.7 Å². The van der Waals surface area contributed by atoms with Crippen LogP contribution in [0.4, 0.5) is 0 Å². The summed E-state index contributed by atoms with van der Waals surface area (Å²) in [6.07, 6.45) is 1.10. The molecular weight excluding hydrogens is 302 g/mol. The Labute approximate surface area is 143 Å². The van der Waals surface area contributed by atoms with Crippen LogP contribution in [0.5, 0.6) is 0 Å². The quantitative estimate of drug-likeness (QED) is 0.428. The summed E-state index contributed by atoms with van der Waals surface area (Å²) in [6, 6.07) is 17.3. The Morgan fingerprint density at radius 3 is 2.54 bits per heavy atom. The summed E-state index contributed by atoms with van der Waals surface area (Å²) in [4.78, 5) is 17.3. The molecule has 0 spiro atoms. The van der Waals surface area contributed by atoms with E-state index in [4.69, 9.17) is 9.57 Å². The van der Waals surface area contributed by atoms with Crippen molar-refractivity contribution < 1.29 is 14.4 Å². The first-order valence-electron chi connectivity index (χ1n) is 8.37. The zero-order valence-electron chi connectivity index (χ0n) is 14.3. The van der Waals surface area contributed by atoms with E-state index in [-0.39, 0.29) is 12.6 Å². The molecule has 0 fully saturated rings. The molecular formula is C20H25NO3. The van der Waals surface area contributed by atoms with Crippen molar-refractivity contribution in [2.24, 2.45) is 0 Å². The molecule has 0 bridgehead atoms. The third-order valence-corrected chi connectivity index (χ3v) is 3.97. The van der Waals surface area contributed by atoms with Crippen LogP contribution in [-0.2, 0) is 16.2 Å². The fourth-order valence-electron chi connectivity index (χ4n) is 2.41. The molecule has 4 heteroatoms. The van der Waals surface area contributed by atoms with Crippen LogP contribution < -0.4 is 5.48 Å². The first kappa shape index (κ1) is 18.2. The van der Waals surface area contributed by atoms with E-state index in [1.165, 1.54) is 11.1 Å². The molecule has 0 aliphatic rings. The number of benzene rings is 2. The Hall–Kier alpha value is -2.17. The van der Waals surface area contributed by atoms with Crippen molar-refractivity contribution in [2.45, 2.75) is 32.8 Å². The van der Waals surface area contributed by atoms with Gasteiger partial charge < -0.3 is 4.74 Å². The van der Waals surface area contributed by atoms with Gasteiger partial charge in [-0.05, 0) is 35.6 Å². The molecule has 128 valence electrons. The molecule has 0 heterocycles. The third-order valence-electron chi connectivity index (χ3n) is 3.97. The van der Waals surface area contributed by atoms with E-state index in [2.05, 4.69) is 37.5 Å². The number of hydroxylamine groups is 1. The van der Waals surface area contributed by atoms with E-state index in [9.17, 15) is 4.79 Å². The first-order chi connectivity index (χ1) is 11.7. The molecule has 1 unspecified atom stereocenters. The third kappa shape index (κ3) is 5.48. The van der Waals surface area contributed by atoms with Gasteiger partial charge in [0.2, 0.25) is 0 Å². The lowest BCUT2D eigenvalue weighted by molar-refractivity contribution is 0.0102. The highest BCUT2D eigenvalue weighted by molar-refractivity contribution is 5.89. The minimum absolute atomic E-state index is 0.265. The first-order valence-corrected chi connectivity index (χ1v) is 8.37. The lowest BCUT2D eigenvalue weighted by Crippen LogP contribution is -2.22. The lowest BCUT2D eigenvalue weighted by Gasteiger charge is -2.15. The minimum atomic E-state index is -0.320. The fourth-order valence-corrected chi connectivity index (χ4v) is 2.41. The molecule has 2 aromatic carbocycles. The molecule has 2 aromatic rings. The molecule has 0 radical (unpaired) electrons. The van der Waals surface area contributed by atoms with E-state index < -0.39 is 0 Å². The maximum absolute atomic E-state index is 11.8. The van der Waals surface area contributed by atoms with Crippen LogP contribution >= 0.6 is 0 Å². The molecule has 4 nitrogen and oxygen atoms in total. The smallest absolute Gasteiger partial charge is 0.338 e. The van der Waals surface area contributed by atoms with E-state index in [1.807, 2.05) is 24.3 Å². The van der Waals surface area contributed by atoms with Gasteiger partial charge in [0, 0.05) is 0 Å². The van der Waals surface area contributed by atoms with Gasteiger partial charge in [-0.3, -0.25) is 4.84 Å². The van der Waals surface area contributed by atoms with Gasteiger partial charge in [-0.15, -0.1) is 0 Å². The van der Waals surface area contributed by atoms with Gasteiger partial charge in [0.15, 0.2) is 0 Å². The van der Waals surface area contributed by atoms with Crippen LogP contribution in [0, 0.1) is 0 Å². The Bertz CT molecular complexity index is 628. The van der Waals surface area contributed by atoms with E-state index in [0.29, 0.717) is 24.6 Å². The van der Waals surface area contributed by atoms with Gasteiger partial charge in [-0.2, -0.15) is 5.48 Å². The summed E-state index contributed by atoms with van der Waals surface area (Å²) in [5.41, 5.74) is 5.90. The number of nitrogens with one attached hydrogen (secondary N) is 1. The van der Waals surface area contributed by atoms with Crippen molar-refractivity contribution in [3.05, 3.63) is 71.3 Å². The normalized spacial score (nSPS) is 11.9. The molecule has 0 amide bonds. The second kappa shape index (κ2) is 9.85. The van der Waals surface area contributed by atoms with E-state index in [1.54, 1.807) is 12.1 Å². The summed E-state index contributed by atoms with van der Waals surface area (Å²) >= 11 is 0. The van der Waals surface area contributed by atoms with Crippen molar-refractivity contribution in [1.29, 1.82) is 0 Å². The van der Waals surface area contributed by atoms with Crippen LogP contribution in [0.15, 0.2) is 54.6 Å². The van der Waals surface area contributed by atoms with E-state index >= 15 is 0 Å². The summed E-state index contributed by atoms with van der Waals surface area (Å²) < 4.78 is 5.18. The highest BCUT2D eigenvalue weighted by atomic mass is 16.6. The summed E-state index contributed by atoms with van der Waals surface area (Å²) in [6.45, 7) is 5.61. The van der Waals surface area contributed by atoms with Crippen LogP contribution in [0.3, 0.4) is 0 Å². The zero-order valence-corrected chi connectivity index (χ0v) is 14.3. The monoisotopic (exact) mass is 327 g/mol. The average molecular weight is 327 g/mol. The molecule has 0 aliphatic heterocycles. The maximum atomic E-state index is 11.8. The number of carbonyl (C=O) groups excluding carboxylic acids is 1. The Morgan fingerprint density at radius 1 is 1.08 bits per heavy atom. The largest absolute Gasteiger partial charge is 0.461 e. The number of carbonyl (C=O) groups is 1. The van der Waals surface area contributed by atoms with Crippen molar-refractivity contribution >= 4 is 5.97 Å². The van der Waals surface area contributed by atoms with Gasteiger partial charge >= 0.3 is 5.97 Å². The molecule has 0 saturated carbocycles. The highest BCUT2D eigenvalue weighted by Crippen LogP contribution is 2.22. The molecule has 0 saturated heterocycles. The molecule has 0 aliphatic carbocycles. The van der Waals surface area contributed by atoms with Crippen LogP contribution in [0.25, 0.3) is 0 Å². The Balaban J connectivity index is 1.68. The van der Waals surface area contributed by atoms with Crippen molar-refractivity contribution in [2.75, 3.05) is 13.2 Å². The molecule has 2 rings (SSSR count). The number of ether oxygens (including phenoxy) is 1. The van der Waals surface area contributed by atoms with Gasteiger partial charge in [-0.25, -0.2) is 4.79 Å². The second-order valence-corrected chi connectivity index (χ2v) is 5.69. The highest BCUT2D eigenvalue weighted by Gasteiger charge is 2.08. The number of hydrogen-bond donors (Lipinski definition) is 1. The number of rotatable bonds is 9. The molecule has 1 atom stereocenters. The number of hydrogen-bond acceptors (Lipinski definition) is 4. The average Bonchev–Trinajstić information content (AvgIpc) is 2.64. The summed E-state index contributed by atoms with van der Waals surface area (Å²) in [7, 11) is 0. The number of esters is 1. The van der Waals surface area contributed by atoms with E-state index in [0.717, 1.165) is 6.42 Å². The van der Waals surface area contributed by atoms with Gasteiger partial charge in [0.1, 0.15) is 6.61 Å². The molecule has 0 aromatic heterocycles. The standard InChI is InChI=1S/C20H25NO3/c1-3-16(2)19-12-8-7-11-18(19)15-24-21-13-14-23-20(22)17-9-5-4-6-10-17/h4-12,16,21H,3,13-15H2,1-2H3. The molecule has 1 N–H and O–H groups in total. The SMILES string of the molecule is CCC(C)c1ccccc1CONCCOC(=O)c1ccccc1. The van der Waals surface area contributed by atoms with Crippen molar-refractivity contribution in [1.82, 2.24) is 5.48 Å². The second-order valence-electron chi connectivity index (χ2n) is 5.69. The fraction of sp³-hybridized carbons (Fsp3) is 0.350. The maximum Gasteiger partial charge on any atom is 0.338 e. The summed E-state index contributed by atoms with van der Waals surface area (Å²) in [5, 5.41) is 0. The van der Waals surface area contributed by atoms with Crippen molar-refractivity contribution in [3.8, 4) is 0 Å². The lowest BCUT2D eigenvalue weighted by atomic mass is 9.94. The minimum Gasteiger partial charge on any atom is -0.461 e. The Kier molecular flexibility index (Phi) is 7.46. The summed E-state index contributed by atoms with van der Waals surface area (Å²) in [5.74, 6) is 0.191. The predicted molar refractivity (Wildman–Crippen MR) is 94.7 cm³/mol. The van der Waals surface area contributed by atoms with Crippen LogP contribution in [0.2, 0.25) is 0 Å². The predicted octanol–water partition coefficient (Wildman–Crippen LogP) is 4.08. The topological polar surface area (TPSA) is 47.6 Å².